The molecule has 9 heteroatoms. The first-order valence-electron chi connectivity index (χ1n) is 9.00. The number of sulfonamides is 1. The Morgan fingerprint density at radius 3 is 2.31 bits per heavy atom. The van der Waals surface area contributed by atoms with Gasteiger partial charge in [-0.05, 0) is 37.1 Å². The highest BCUT2D eigenvalue weighted by molar-refractivity contribution is 7.91. The summed E-state index contributed by atoms with van der Waals surface area (Å²) in [4.78, 5) is 13.3. The van der Waals surface area contributed by atoms with E-state index in [0.29, 0.717) is 4.21 Å². The third-order valence-electron chi connectivity index (χ3n) is 4.97. The van der Waals surface area contributed by atoms with Crippen LogP contribution in [0, 0.1) is 0 Å². The van der Waals surface area contributed by atoms with Gasteiger partial charge in [-0.2, -0.15) is 0 Å². The number of piperidine rings is 1. The van der Waals surface area contributed by atoms with Crippen LogP contribution in [0.25, 0.3) is 0 Å². The fraction of sp³-hybridized carbons (Fsp3) is 0.529. The number of anilines is 2. The molecule has 2 aromatic heterocycles. The third kappa shape index (κ3) is 3.84. The Kier molecular flexibility index (Phi) is 5.10. The number of nitrogens with zero attached hydrogens (tertiary/aromatic N) is 4. The van der Waals surface area contributed by atoms with Crippen LogP contribution in [-0.4, -0.2) is 50.6 Å². The van der Waals surface area contributed by atoms with E-state index in [2.05, 4.69) is 30.6 Å². The van der Waals surface area contributed by atoms with Gasteiger partial charge in [0.25, 0.3) is 0 Å². The number of aromatic nitrogens is 2. The maximum Gasteiger partial charge on any atom is 0.250 e. The molecule has 0 spiro atoms. The van der Waals surface area contributed by atoms with E-state index < -0.39 is 10.0 Å². The van der Waals surface area contributed by atoms with Crippen molar-refractivity contribution in [1.29, 1.82) is 0 Å². The lowest BCUT2D eigenvalue weighted by atomic mass is 10.1. The summed E-state index contributed by atoms with van der Waals surface area (Å²) in [5.41, 5.74) is 0. The van der Waals surface area contributed by atoms with Gasteiger partial charge in [0.15, 0.2) is 0 Å². The lowest BCUT2D eigenvalue weighted by Crippen LogP contribution is -2.44. The molecule has 2 fully saturated rings. The zero-order valence-electron chi connectivity index (χ0n) is 14.5. The molecule has 2 aliphatic rings. The van der Waals surface area contributed by atoms with Gasteiger partial charge in [-0.1, -0.05) is 6.07 Å². The molecule has 4 rings (SSSR count). The van der Waals surface area contributed by atoms with Crippen molar-refractivity contribution >= 4 is 33.0 Å². The molecule has 7 nitrogen and oxygen atoms in total. The molecule has 2 aliphatic heterocycles. The van der Waals surface area contributed by atoms with Crippen molar-refractivity contribution in [3.63, 3.8) is 0 Å². The van der Waals surface area contributed by atoms with Gasteiger partial charge in [-0.3, -0.25) is 0 Å². The summed E-state index contributed by atoms with van der Waals surface area (Å²) in [6.45, 7) is 3.69. The van der Waals surface area contributed by atoms with Gasteiger partial charge in [0.2, 0.25) is 10.0 Å². The minimum atomic E-state index is -3.40. The van der Waals surface area contributed by atoms with E-state index in [0.717, 1.165) is 50.7 Å². The SMILES string of the molecule is O=S(=O)(NC1CCN(c2cc(N3CCCC3)ncn2)CC1)c1cccs1. The third-order valence-corrected chi connectivity index (χ3v) is 7.89. The lowest BCUT2D eigenvalue weighted by molar-refractivity contribution is 0.459. The summed E-state index contributed by atoms with van der Waals surface area (Å²) in [6, 6.07) is 5.43. The van der Waals surface area contributed by atoms with Crippen molar-refractivity contribution in [3.05, 3.63) is 29.9 Å². The van der Waals surface area contributed by atoms with Gasteiger partial charge in [-0.15, -0.1) is 11.3 Å². The fourth-order valence-corrected chi connectivity index (χ4v) is 5.86. The second kappa shape index (κ2) is 7.50. The molecule has 1 N–H and O–H groups in total. The molecule has 2 aromatic rings. The summed E-state index contributed by atoms with van der Waals surface area (Å²) in [5, 5.41) is 1.78. The molecule has 4 heterocycles. The molecule has 0 atom stereocenters. The maximum atomic E-state index is 12.4. The highest BCUT2D eigenvalue weighted by atomic mass is 32.2. The van der Waals surface area contributed by atoms with Gasteiger partial charge in [0.05, 0.1) is 0 Å². The summed E-state index contributed by atoms with van der Waals surface area (Å²) in [6.07, 6.45) is 5.61. The Balaban J connectivity index is 1.37. The van der Waals surface area contributed by atoms with Crippen LogP contribution < -0.4 is 14.5 Å². The summed E-state index contributed by atoms with van der Waals surface area (Å²) >= 11 is 1.25. The fourth-order valence-electron chi connectivity index (χ4n) is 3.55. The molecule has 0 aliphatic carbocycles. The van der Waals surface area contributed by atoms with Crippen LogP contribution in [0.3, 0.4) is 0 Å². The van der Waals surface area contributed by atoms with Crippen LogP contribution in [0.4, 0.5) is 11.6 Å². The Morgan fingerprint density at radius 2 is 1.69 bits per heavy atom. The molecule has 0 radical (unpaired) electrons. The predicted molar refractivity (Wildman–Crippen MR) is 103 cm³/mol. The van der Waals surface area contributed by atoms with Crippen molar-refractivity contribution in [2.45, 2.75) is 35.9 Å². The van der Waals surface area contributed by atoms with Gasteiger partial charge in [0, 0.05) is 38.3 Å². The number of hydrogen-bond acceptors (Lipinski definition) is 7. The first kappa shape index (κ1) is 17.7. The van der Waals surface area contributed by atoms with E-state index >= 15 is 0 Å². The van der Waals surface area contributed by atoms with Gasteiger partial charge in [-0.25, -0.2) is 23.1 Å². The van der Waals surface area contributed by atoms with Crippen LogP contribution >= 0.6 is 11.3 Å². The van der Waals surface area contributed by atoms with E-state index in [1.165, 1.54) is 24.2 Å². The van der Waals surface area contributed by atoms with Gasteiger partial charge >= 0.3 is 0 Å². The highest BCUT2D eigenvalue weighted by Crippen LogP contribution is 2.24. The largest absolute Gasteiger partial charge is 0.356 e. The van der Waals surface area contributed by atoms with Crippen LogP contribution in [0.5, 0.6) is 0 Å². The minimum Gasteiger partial charge on any atom is -0.356 e. The zero-order chi connectivity index (χ0) is 18.0. The number of thiophene rings is 1. The zero-order valence-corrected chi connectivity index (χ0v) is 16.2. The molecular weight excluding hydrogens is 370 g/mol. The molecular formula is C17H23N5O2S2. The molecule has 140 valence electrons. The van der Waals surface area contributed by atoms with Crippen LogP contribution in [-0.2, 0) is 10.0 Å². The van der Waals surface area contributed by atoms with Crippen molar-refractivity contribution in [3.8, 4) is 0 Å². The molecule has 0 bridgehead atoms. The number of nitrogens with one attached hydrogen (secondary N) is 1. The van der Waals surface area contributed by atoms with Crippen molar-refractivity contribution in [2.24, 2.45) is 0 Å². The van der Waals surface area contributed by atoms with Crippen molar-refractivity contribution in [2.75, 3.05) is 36.0 Å². The van der Waals surface area contributed by atoms with E-state index in [4.69, 9.17) is 0 Å². The molecule has 0 amide bonds. The quantitative estimate of drug-likeness (QED) is 0.838. The standard InChI is InChI=1S/C17H23N5O2S2/c23-26(24,17-4-3-11-25-17)20-14-5-9-22(10-6-14)16-12-15(18-13-19-16)21-7-1-2-8-21/h3-4,11-14,20H,1-2,5-10H2. The molecule has 0 saturated carbocycles. The first-order valence-corrected chi connectivity index (χ1v) is 11.4. The Hall–Kier alpha value is -1.71. The van der Waals surface area contributed by atoms with Crippen LogP contribution in [0.1, 0.15) is 25.7 Å². The number of rotatable bonds is 5. The van der Waals surface area contributed by atoms with Crippen LogP contribution in [0.15, 0.2) is 34.1 Å². The summed E-state index contributed by atoms with van der Waals surface area (Å²) in [5.74, 6) is 1.93. The van der Waals surface area contributed by atoms with E-state index in [-0.39, 0.29) is 6.04 Å². The maximum absolute atomic E-state index is 12.4. The highest BCUT2D eigenvalue weighted by Gasteiger charge is 2.26. The average Bonchev–Trinajstić information content (AvgIpc) is 3.36. The second-order valence-corrected chi connectivity index (χ2v) is 9.63. The molecule has 2 saturated heterocycles. The van der Waals surface area contributed by atoms with Crippen LogP contribution in [0.2, 0.25) is 0 Å². The van der Waals surface area contributed by atoms with Crippen molar-refractivity contribution < 1.29 is 8.42 Å². The van der Waals surface area contributed by atoms with E-state index in [1.54, 1.807) is 23.8 Å². The first-order chi connectivity index (χ1) is 12.6. The Labute approximate surface area is 158 Å². The molecule has 0 aromatic carbocycles. The Morgan fingerprint density at radius 1 is 1.04 bits per heavy atom. The minimum absolute atomic E-state index is 0.0294. The topological polar surface area (TPSA) is 78.4 Å². The second-order valence-electron chi connectivity index (χ2n) is 6.74. The average molecular weight is 394 g/mol. The van der Waals surface area contributed by atoms with Gasteiger partial charge in [0.1, 0.15) is 22.2 Å². The smallest absolute Gasteiger partial charge is 0.250 e. The summed E-state index contributed by atoms with van der Waals surface area (Å²) in [7, 11) is -3.40. The van der Waals surface area contributed by atoms with Crippen molar-refractivity contribution in [1.82, 2.24) is 14.7 Å². The monoisotopic (exact) mass is 393 g/mol. The predicted octanol–water partition coefficient (Wildman–Crippen LogP) is 2.09. The summed E-state index contributed by atoms with van der Waals surface area (Å²) < 4.78 is 27.9. The Bertz CT molecular complexity index is 827. The molecule has 0 unspecified atom stereocenters. The number of hydrogen-bond donors (Lipinski definition) is 1. The van der Waals surface area contributed by atoms with E-state index in [1.807, 2.05) is 0 Å². The lowest BCUT2D eigenvalue weighted by Gasteiger charge is -2.33. The normalized spacial score (nSPS) is 19.2. The van der Waals surface area contributed by atoms with Gasteiger partial charge < -0.3 is 9.80 Å². The molecule has 26 heavy (non-hydrogen) atoms. The van der Waals surface area contributed by atoms with E-state index in [9.17, 15) is 8.42 Å².